The molecule has 3 aliphatic rings. The van der Waals surface area contributed by atoms with Gasteiger partial charge < -0.3 is 9.84 Å². The van der Waals surface area contributed by atoms with Crippen LogP contribution in [0.4, 0.5) is 0 Å². The van der Waals surface area contributed by atoms with E-state index in [2.05, 4.69) is 15.9 Å². The van der Waals surface area contributed by atoms with Gasteiger partial charge in [-0.3, -0.25) is 9.80 Å². The van der Waals surface area contributed by atoms with Crippen molar-refractivity contribution < 1.29 is 9.84 Å². The van der Waals surface area contributed by atoms with Gasteiger partial charge in [-0.25, -0.2) is 0 Å². The van der Waals surface area contributed by atoms with Crippen molar-refractivity contribution in [1.29, 1.82) is 0 Å². The Bertz CT molecular complexity index is 672. The zero-order chi connectivity index (χ0) is 18.6. The standard InChI is InChI=1S/C22H31ClN2O2/c23-19-6-7-22-18(13-19)12-17(16-27-22)14-24-9-10-25(21(15-24)8-11-26)20-4-2-1-3-5-20/h6-7,12-13,20-21,26H,1-5,8-11,14-16H2. The maximum absolute atomic E-state index is 9.59. The van der Waals surface area contributed by atoms with E-state index in [1.54, 1.807) is 0 Å². The lowest BCUT2D eigenvalue weighted by Crippen LogP contribution is -2.57. The first-order valence-electron chi connectivity index (χ1n) is 10.4. The van der Waals surface area contributed by atoms with Crippen LogP contribution in [0.3, 0.4) is 0 Å². The van der Waals surface area contributed by atoms with Crippen LogP contribution in [-0.2, 0) is 0 Å². The highest BCUT2D eigenvalue weighted by Crippen LogP contribution is 2.30. The third kappa shape index (κ3) is 4.68. The molecule has 1 saturated heterocycles. The Morgan fingerprint density at radius 2 is 2.00 bits per heavy atom. The quantitative estimate of drug-likeness (QED) is 0.829. The SMILES string of the molecule is OCCC1CN(CC2=Cc3cc(Cl)ccc3OC2)CCN1C1CCCCC1. The predicted octanol–water partition coefficient (Wildman–Crippen LogP) is 3.82. The molecule has 1 aromatic carbocycles. The van der Waals surface area contributed by atoms with Crippen molar-refractivity contribution in [3.63, 3.8) is 0 Å². The van der Waals surface area contributed by atoms with Crippen molar-refractivity contribution in [1.82, 2.24) is 9.80 Å². The summed E-state index contributed by atoms with van der Waals surface area (Å²) in [5.41, 5.74) is 2.38. The maximum Gasteiger partial charge on any atom is 0.127 e. The molecule has 1 atom stereocenters. The summed E-state index contributed by atoms with van der Waals surface area (Å²) < 4.78 is 5.92. The molecular formula is C22H31ClN2O2. The van der Waals surface area contributed by atoms with Gasteiger partial charge in [-0.1, -0.05) is 30.9 Å². The number of halogens is 1. The fourth-order valence-corrected chi connectivity index (χ4v) is 5.13. The monoisotopic (exact) mass is 390 g/mol. The van der Waals surface area contributed by atoms with Crippen LogP contribution < -0.4 is 4.74 Å². The first kappa shape index (κ1) is 19.3. The van der Waals surface area contributed by atoms with Gasteiger partial charge >= 0.3 is 0 Å². The van der Waals surface area contributed by atoms with Gasteiger partial charge in [-0.05, 0) is 49.1 Å². The van der Waals surface area contributed by atoms with Crippen molar-refractivity contribution in [2.45, 2.75) is 50.6 Å². The summed E-state index contributed by atoms with van der Waals surface area (Å²) in [7, 11) is 0. The van der Waals surface area contributed by atoms with Gasteiger partial charge in [-0.15, -0.1) is 0 Å². The van der Waals surface area contributed by atoms with Crippen molar-refractivity contribution in [3.8, 4) is 5.75 Å². The van der Waals surface area contributed by atoms with Crippen LogP contribution in [0.5, 0.6) is 5.75 Å². The third-order valence-corrected chi connectivity index (χ3v) is 6.52. The molecule has 1 unspecified atom stereocenters. The van der Waals surface area contributed by atoms with Gasteiger partial charge in [0.05, 0.1) is 0 Å². The lowest BCUT2D eigenvalue weighted by atomic mass is 9.91. The summed E-state index contributed by atoms with van der Waals surface area (Å²) >= 11 is 6.14. The summed E-state index contributed by atoms with van der Waals surface area (Å²) in [6.45, 7) is 5.12. The van der Waals surface area contributed by atoms with Gasteiger partial charge in [0.2, 0.25) is 0 Å². The number of hydrogen-bond acceptors (Lipinski definition) is 4. The van der Waals surface area contributed by atoms with Gasteiger partial charge in [0.1, 0.15) is 12.4 Å². The zero-order valence-electron chi connectivity index (χ0n) is 16.1. The summed E-state index contributed by atoms with van der Waals surface area (Å²) in [4.78, 5) is 5.23. The second-order valence-electron chi connectivity index (χ2n) is 8.20. The highest BCUT2D eigenvalue weighted by molar-refractivity contribution is 6.30. The Hall–Kier alpha value is -1.07. The Morgan fingerprint density at radius 1 is 1.15 bits per heavy atom. The number of benzene rings is 1. The summed E-state index contributed by atoms with van der Waals surface area (Å²) in [5.74, 6) is 0.920. The van der Waals surface area contributed by atoms with Crippen LogP contribution in [0.25, 0.3) is 6.08 Å². The first-order chi connectivity index (χ1) is 13.2. The van der Waals surface area contributed by atoms with E-state index >= 15 is 0 Å². The number of ether oxygens (including phenoxy) is 1. The van der Waals surface area contributed by atoms with Crippen LogP contribution in [0.15, 0.2) is 23.8 Å². The summed E-state index contributed by atoms with van der Waals surface area (Å²) in [6.07, 6.45) is 9.89. The Morgan fingerprint density at radius 3 is 2.81 bits per heavy atom. The van der Waals surface area contributed by atoms with Crippen molar-refractivity contribution >= 4 is 17.7 Å². The van der Waals surface area contributed by atoms with Crippen LogP contribution >= 0.6 is 11.6 Å². The van der Waals surface area contributed by atoms with Gasteiger partial charge in [0.25, 0.3) is 0 Å². The average molecular weight is 391 g/mol. The van der Waals surface area contributed by atoms with Crippen molar-refractivity contribution in [3.05, 3.63) is 34.4 Å². The molecule has 4 rings (SSSR count). The van der Waals surface area contributed by atoms with E-state index in [9.17, 15) is 5.11 Å². The molecule has 1 saturated carbocycles. The molecule has 0 amide bonds. The Balaban J connectivity index is 1.40. The lowest BCUT2D eigenvalue weighted by Gasteiger charge is -2.46. The number of piperazine rings is 1. The number of aliphatic hydroxyl groups excluding tert-OH is 1. The molecule has 4 nitrogen and oxygen atoms in total. The molecule has 0 aromatic heterocycles. The average Bonchev–Trinajstić information content (AvgIpc) is 2.69. The van der Waals surface area contributed by atoms with Gasteiger partial charge in [0.15, 0.2) is 0 Å². The first-order valence-corrected chi connectivity index (χ1v) is 10.8. The number of fused-ring (bicyclic) bond motifs is 1. The molecule has 1 aromatic rings. The fraction of sp³-hybridized carbons (Fsp3) is 0.636. The molecule has 2 aliphatic heterocycles. The molecule has 1 aliphatic carbocycles. The number of aliphatic hydroxyl groups is 1. The van der Waals surface area contributed by atoms with E-state index in [1.165, 1.54) is 37.7 Å². The molecule has 5 heteroatoms. The normalized spacial score (nSPS) is 25.0. The molecule has 0 spiro atoms. The number of nitrogens with zero attached hydrogens (tertiary/aromatic N) is 2. The third-order valence-electron chi connectivity index (χ3n) is 6.29. The number of rotatable bonds is 5. The molecule has 0 bridgehead atoms. The Labute approximate surface area is 167 Å². The van der Waals surface area contributed by atoms with Gasteiger partial charge in [0, 0.05) is 55.5 Å². The van der Waals surface area contributed by atoms with Crippen LogP contribution in [0.2, 0.25) is 5.02 Å². The topological polar surface area (TPSA) is 35.9 Å². The fourth-order valence-electron chi connectivity index (χ4n) is 4.95. The predicted molar refractivity (Wildman–Crippen MR) is 110 cm³/mol. The van der Waals surface area contributed by atoms with Crippen molar-refractivity contribution in [2.75, 3.05) is 39.4 Å². The van der Waals surface area contributed by atoms with E-state index < -0.39 is 0 Å². The van der Waals surface area contributed by atoms with E-state index in [4.69, 9.17) is 16.3 Å². The zero-order valence-corrected chi connectivity index (χ0v) is 16.8. The molecule has 1 N–H and O–H groups in total. The maximum atomic E-state index is 9.59. The second kappa shape index (κ2) is 8.95. The van der Waals surface area contributed by atoms with Crippen LogP contribution in [-0.4, -0.2) is 66.4 Å². The minimum atomic E-state index is 0.277. The molecule has 0 radical (unpaired) electrons. The second-order valence-corrected chi connectivity index (χ2v) is 8.64. The minimum absolute atomic E-state index is 0.277. The van der Waals surface area contributed by atoms with Crippen molar-refractivity contribution in [2.24, 2.45) is 0 Å². The van der Waals surface area contributed by atoms with E-state index in [0.717, 1.165) is 55.0 Å². The number of hydrogen-bond donors (Lipinski definition) is 1. The highest BCUT2D eigenvalue weighted by Gasteiger charge is 2.32. The lowest BCUT2D eigenvalue weighted by molar-refractivity contribution is 0.0192. The largest absolute Gasteiger partial charge is 0.489 e. The van der Waals surface area contributed by atoms with E-state index in [0.29, 0.717) is 12.6 Å². The van der Waals surface area contributed by atoms with E-state index in [1.807, 2.05) is 18.2 Å². The van der Waals surface area contributed by atoms with E-state index in [-0.39, 0.29) is 6.61 Å². The van der Waals surface area contributed by atoms with Crippen LogP contribution in [0.1, 0.15) is 44.1 Å². The smallest absolute Gasteiger partial charge is 0.127 e. The summed E-state index contributed by atoms with van der Waals surface area (Å²) in [6, 6.07) is 7.00. The molecule has 148 valence electrons. The summed E-state index contributed by atoms with van der Waals surface area (Å²) in [5, 5.41) is 10.3. The highest BCUT2D eigenvalue weighted by atomic mass is 35.5. The van der Waals surface area contributed by atoms with Crippen LogP contribution in [0, 0.1) is 0 Å². The molecular weight excluding hydrogens is 360 g/mol. The minimum Gasteiger partial charge on any atom is -0.489 e. The Kier molecular flexibility index (Phi) is 6.39. The molecule has 2 fully saturated rings. The molecule has 27 heavy (non-hydrogen) atoms. The molecule has 2 heterocycles. The van der Waals surface area contributed by atoms with Gasteiger partial charge in [-0.2, -0.15) is 0 Å².